The molecule has 0 nitrogen and oxygen atoms in total. The molecule has 0 spiro atoms. The van der Waals surface area contributed by atoms with Crippen LogP contribution in [-0.2, 0) is 0 Å². The molecule has 0 aromatic carbocycles. The van der Waals surface area contributed by atoms with E-state index in [0.29, 0.717) is 0 Å². The highest BCUT2D eigenvalue weighted by atomic mass is 14.8. The van der Waals surface area contributed by atoms with Gasteiger partial charge in [0.15, 0.2) is 0 Å². The average molecular weight is 186 g/mol. The van der Waals surface area contributed by atoms with Crippen LogP contribution in [0.4, 0.5) is 0 Å². The second-order valence-electron chi connectivity index (χ2n) is 6.50. The predicted molar refractivity (Wildman–Crippen MR) is 55.6 cm³/mol. The fourth-order valence-electron chi connectivity index (χ4n) is 6.08. The van der Waals surface area contributed by atoms with Crippen molar-refractivity contribution in [1.82, 2.24) is 0 Å². The summed E-state index contributed by atoms with van der Waals surface area (Å²) in [4.78, 5) is 0. The molecule has 6 unspecified atom stereocenters. The highest BCUT2D eigenvalue weighted by Gasteiger charge is 2.81. The van der Waals surface area contributed by atoms with Crippen molar-refractivity contribution in [3.05, 3.63) is 12.2 Å². The molecule has 4 fully saturated rings. The van der Waals surface area contributed by atoms with Crippen molar-refractivity contribution in [2.75, 3.05) is 0 Å². The third-order valence-corrected chi connectivity index (χ3v) is 6.37. The van der Waals surface area contributed by atoms with E-state index < -0.39 is 0 Å². The first-order valence-corrected chi connectivity index (χ1v) is 6.62. The second-order valence-corrected chi connectivity index (χ2v) is 6.50. The second kappa shape index (κ2) is 1.86. The molecule has 0 amide bonds. The lowest BCUT2D eigenvalue weighted by atomic mass is 9.80. The number of rotatable bonds is 1. The summed E-state index contributed by atoms with van der Waals surface area (Å²) in [5.41, 5.74) is 0.885. The van der Waals surface area contributed by atoms with Crippen molar-refractivity contribution < 1.29 is 0 Å². The molecule has 0 radical (unpaired) electrons. The Labute approximate surface area is 85.8 Å². The summed E-state index contributed by atoms with van der Waals surface area (Å²) < 4.78 is 0. The molecule has 0 aliphatic heterocycles. The van der Waals surface area contributed by atoms with Crippen LogP contribution in [-0.4, -0.2) is 0 Å². The molecule has 0 aromatic rings. The summed E-state index contributed by atoms with van der Waals surface area (Å²) in [7, 11) is 0. The molecule has 0 N–H and O–H groups in total. The summed E-state index contributed by atoms with van der Waals surface area (Å²) in [5.74, 6) is 6.77. The summed E-state index contributed by atoms with van der Waals surface area (Å²) in [6.45, 7) is 0. The number of fused-ring (bicyclic) bond motifs is 4. The van der Waals surface area contributed by atoms with E-state index in [-0.39, 0.29) is 0 Å². The Morgan fingerprint density at radius 1 is 0.857 bits per heavy atom. The van der Waals surface area contributed by atoms with Crippen LogP contribution in [0, 0.1) is 40.9 Å². The van der Waals surface area contributed by atoms with Gasteiger partial charge in [0.25, 0.3) is 0 Å². The lowest BCUT2D eigenvalue weighted by Crippen LogP contribution is -2.19. The fourth-order valence-corrected chi connectivity index (χ4v) is 6.08. The topological polar surface area (TPSA) is 0 Å². The Morgan fingerprint density at radius 2 is 1.64 bits per heavy atom. The Balaban J connectivity index is 1.67. The molecule has 4 saturated carbocycles. The molecule has 0 saturated heterocycles. The van der Waals surface area contributed by atoms with E-state index >= 15 is 0 Å². The van der Waals surface area contributed by atoms with Crippen LogP contribution in [0.3, 0.4) is 0 Å². The Hall–Kier alpha value is -0.260. The molecule has 14 heavy (non-hydrogen) atoms. The minimum absolute atomic E-state index is 0.885. The first-order chi connectivity index (χ1) is 6.94. The van der Waals surface area contributed by atoms with Gasteiger partial charge in [0.2, 0.25) is 0 Å². The molecule has 0 heteroatoms. The van der Waals surface area contributed by atoms with Crippen LogP contribution in [0.15, 0.2) is 12.2 Å². The number of allylic oxidation sites excluding steroid dienone is 2. The van der Waals surface area contributed by atoms with Crippen molar-refractivity contribution in [3.8, 4) is 0 Å². The first-order valence-electron chi connectivity index (χ1n) is 6.62. The van der Waals surface area contributed by atoms with Gasteiger partial charge in [-0.05, 0) is 66.6 Å². The summed E-state index contributed by atoms with van der Waals surface area (Å²) in [6, 6.07) is 0. The molecular weight excluding hydrogens is 168 g/mol. The maximum atomic E-state index is 2.63. The molecule has 0 heterocycles. The molecule has 0 aromatic heterocycles. The first kappa shape index (κ1) is 7.09. The zero-order chi connectivity index (χ0) is 8.91. The maximum absolute atomic E-state index is 2.63. The van der Waals surface area contributed by atoms with E-state index in [1.165, 1.54) is 17.8 Å². The standard InChI is InChI=1S/C14H18/c1-2-9-10(3-1)13-12-7-6-11(9)14(12,13)8-4-5-8/h6-13H,1-5H2. The monoisotopic (exact) mass is 186 g/mol. The van der Waals surface area contributed by atoms with Crippen LogP contribution < -0.4 is 0 Å². The molecular formula is C14H18. The molecule has 5 aliphatic carbocycles. The molecule has 6 atom stereocenters. The lowest BCUT2D eigenvalue weighted by Gasteiger charge is -2.23. The lowest BCUT2D eigenvalue weighted by molar-refractivity contribution is 0.266. The average Bonchev–Trinajstić information content (AvgIpc) is 3.03. The van der Waals surface area contributed by atoms with Crippen LogP contribution in [0.2, 0.25) is 0 Å². The van der Waals surface area contributed by atoms with Gasteiger partial charge in [0.05, 0.1) is 0 Å². The van der Waals surface area contributed by atoms with Gasteiger partial charge in [-0.3, -0.25) is 0 Å². The molecule has 0 bridgehead atoms. The quantitative estimate of drug-likeness (QED) is 0.551. The SMILES string of the molecule is C1=CC2C3C4CCCC4C1C23C1CC1. The van der Waals surface area contributed by atoms with Crippen molar-refractivity contribution in [2.45, 2.75) is 32.1 Å². The van der Waals surface area contributed by atoms with Crippen LogP contribution in [0.5, 0.6) is 0 Å². The van der Waals surface area contributed by atoms with Gasteiger partial charge in [-0.1, -0.05) is 18.6 Å². The van der Waals surface area contributed by atoms with E-state index in [9.17, 15) is 0 Å². The van der Waals surface area contributed by atoms with E-state index in [0.717, 1.165) is 23.2 Å². The highest BCUT2D eigenvalue weighted by molar-refractivity contribution is 5.38. The van der Waals surface area contributed by atoms with Crippen LogP contribution in [0.1, 0.15) is 32.1 Å². The van der Waals surface area contributed by atoms with E-state index in [1.54, 1.807) is 32.1 Å². The maximum Gasteiger partial charge on any atom is -0.0101 e. The summed E-state index contributed by atoms with van der Waals surface area (Å²) in [5, 5.41) is 0. The zero-order valence-electron chi connectivity index (χ0n) is 8.65. The normalized spacial score (nSPS) is 67.0. The molecule has 74 valence electrons. The van der Waals surface area contributed by atoms with Gasteiger partial charge in [0.1, 0.15) is 0 Å². The number of hydrogen-bond acceptors (Lipinski definition) is 0. The largest absolute Gasteiger partial charge is 0.0842 e. The smallest absolute Gasteiger partial charge is 0.0101 e. The van der Waals surface area contributed by atoms with Crippen molar-refractivity contribution in [1.29, 1.82) is 0 Å². The Morgan fingerprint density at radius 3 is 2.50 bits per heavy atom. The van der Waals surface area contributed by atoms with Crippen LogP contribution in [0.25, 0.3) is 0 Å². The van der Waals surface area contributed by atoms with E-state index in [4.69, 9.17) is 0 Å². The third-order valence-electron chi connectivity index (χ3n) is 6.37. The zero-order valence-corrected chi connectivity index (χ0v) is 8.65. The van der Waals surface area contributed by atoms with Crippen molar-refractivity contribution >= 4 is 0 Å². The van der Waals surface area contributed by atoms with Crippen LogP contribution >= 0.6 is 0 Å². The van der Waals surface area contributed by atoms with Gasteiger partial charge < -0.3 is 0 Å². The minimum atomic E-state index is 0.885. The van der Waals surface area contributed by atoms with Crippen molar-refractivity contribution in [2.24, 2.45) is 40.9 Å². The fraction of sp³-hybridized carbons (Fsp3) is 0.857. The summed E-state index contributed by atoms with van der Waals surface area (Å²) >= 11 is 0. The van der Waals surface area contributed by atoms with Gasteiger partial charge >= 0.3 is 0 Å². The van der Waals surface area contributed by atoms with E-state index in [2.05, 4.69) is 12.2 Å². The highest BCUT2D eigenvalue weighted by Crippen LogP contribution is 2.86. The van der Waals surface area contributed by atoms with E-state index in [1.807, 2.05) is 0 Å². The van der Waals surface area contributed by atoms with Gasteiger partial charge in [-0.15, -0.1) is 0 Å². The van der Waals surface area contributed by atoms with Gasteiger partial charge in [-0.2, -0.15) is 0 Å². The van der Waals surface area contributed by atoms with Gasteiger partial charge in [-0.25, -0.2) is 0 Å². The van der Waals surface area contributed by atoms with Gasteiger partial charge in [0, 0.05) is 0 Å². The Bertz CT molecular complexity index is 338. The molecule has 5 aliphatic rings. The predicted octanol–water partition coefficient (Wildman–Crippen LogP) is 3.24. The minimum Gasteiger partial charge on any atom is -0.0842 e. The third kappa shape index (κ3) is 0.506. The Kier molecular flexibility index (Phi) is 0.941. The van der Waals surface area contributed by atoms with Crippen molar-refractivity contribution in [3.63, 3.8) is 0 Å². The number of hydrogen-bond donors (Lipinski definition) is 0. The summed E-state index contributed by atoms with van der Waals surface area (Å²) in [6.07, 6.45) is 13.1. The molecule has 5 rings (SSSR count).